The normalized spacial score (nSPS) is 27.8. The van der Waals surface area contributed by atoms with E-state index in [-0.39, 0.29) is 23.2 Å². The number of aliphatic hydroxyl groups is 1. The molecule has 2 heterocycles. The molecule has 2 aliphatic heterocycles. The first kappa shape index (κ1) is 7.50. The van der Waals surface area contributed by atoms with Gasteiger partial charge in [-0.25, -0.2) is 0 Å². The van der Waals surface area contributed by atoms with E-state index in [4.69, 9.17) is 10.7 Å². The summed E-state index contributed by atoms with van der Waals surface area (Å²) < 4.78 is 0. The van der Waals surface area contributed by atoms with Crippen molar-refractivity contribution in [3.63, 3.8) is 0 Å². The lowest BCUT2D eigenvalue weighted by molar-refractivity contribution is 0.318. The van der Waals surface area contributed by atoms with Gasteiger partial charge in [0.2, 0.25) is 0 Å². The highest BCUT2D eigenvalue weighted by Crippen LogP contribution is 2.33. The SMILES string of the molecule is N#CC1=C(O)C2CSCN2C1=N. The molecular formula is C7H7N3OS. The molecule has 1 unspecified atom stereocenters. The lowest BCUT2D eigenvalue weighted by atomic mass is 10.2. The van der Waals surface area contributed by atoms with Gasteiger partial charge in [-0.05, 0) is 0 Å². The minimum Gasteiger partial charge on any atom is -0.509 e. The van der Waals surface area contributed by atoms with Crippen LogP contribution in [0.25, 0.3) is 0 Å². The van der Waals surface area contributed by atoms with Crippen molar-refractivity contribution in [2.45, 2.75) is 6.04 Å². The lowest BCUT2D eigenvalue weighted by Crippen LogP contribution is -2.30. The molecule has 0 spiro atoms. The quantitative estimate of drug-likeness (QED) is 0.576. The summed E-state index contributed by atoms with van der Waals surface area (Å²) in [6, 6.07) is 1.73. The number of thioether (sulfide) groups is 1. The number of nitrogens with zero attached hydrogens (tertiary/aromatic N) is 2. The van der Waals surface area contributed by atoms with Gasteiger partial charge in [0, 0.05) is 5.75 Å². The molecule has 0 aromatic heterocycles. The largest absolute Gasteiger partial charge is 0.509 e. The minimum atomic E-state index is -0.114. The van der Waals surface area contributed by atoms with Crippen molar-refractivity contribution in [3.05, 3.63) is 11.3 Å². The molecule has 5 heteroatoms. The van der Waals surface area contributed by atoms with Gasteiger partial charge in [0.1, 0.15) is 23.2 Å². The third-order valence-electron chi connectivity index (χ3n) is 2.09. The van der Waals surface area contributed by atoms with Crippen LogP contribution < -0.4 is 0 Å². The fourth-order valence-corrected chi connectivity index (χ4v) is 2.60. The average molecular weight is 181 g/mol. The van der Waals surface area contributed by atoms with E-state index in [1.807, 2.05) is 6.07 Å². The average Bonchev–Trinajstić information content (AvgIpc) is 2.58. The van der Waals surface area contributed by atoms with Gasteiger partial charge in [-0.15, -0.1) is 11.8 Å². The van der Waals surface area contributed by atoms with Crippen molar-refractivity contribution in [1.82, 2.24) is 4.90 Å². The van der Waals surface area contributed by atoms with Crippen molar-refractivity contribution in [1.29, 1.82) is 10.7 Å². The predicted octanol–water partition coefficient (Wildman–Crippen LogP) is 0.688. The summed E-state index contributed by atoms with van der Waals surface area (Å²) in [5.41, 5.74) is 0.139. The van der Waals surface area contributed by atoms with Crippen LogP contribution in [0, 0.1) is 16.7 Å². The van der Waals surface area contributed by atoms with Gasteiger partial charge in [0.15, 0.2) is 0 Å². The maximum absolute atomic E-state index is 9.49. The fraction of sp³-hybridized carbons (Fsp3) is 0.429. The van der Waals surface area contributed by atoms with E-state index in [9.17, 15) is 5.11 Å². The molecule has 2 N–H and O–H groups in total. The topological polar surface area (TPSA) is 71.1 Å². The van der Waals surface area contributed by atoms with Crippen LogP contribution in [-0.4, -0.2) is 33.5 Å². The minimum absolute atomic E-state index is 0.0764. The molecule has 4 nitrogen and oxygen atoms in total. The van der Waals surface area contributed by atoms with Gasteiger partial charge in [0.25, 0.3) is 0 Å². The Bertz CT molecular complexity index is 317. The molecule has 0 aromatic rings. The summed E-state index contributed by atoms with van der Waals surface area (Å²) in [5.74, 6) is 1.73. The summed E-state index contributed by atoms with van der Waals surface area (Å²) >= 11 is 1.67. The Morgan fingerprint density at radius 1 is 1.75 bits per heavy atom. The first-order valence-electron chi connectivity index (χ1n) is 3.52. The van der Waals surface area contributed by atoms with Crippen LogP contribution in [-0.2, 0) is 0 Å². The van der Waals surface area contributed by atoms with Crippen LogP contribution in [0.5, 0.6) is 0 Å². The summed E-state index contributed by atoms with van der Waals surface area (Å²) in [7, 11) is 0. The zero-order valence-electron chi connectivity index (χ0n) is 6.24. The smallest absolute Gasteiger partial charge is 0.143 e. The van der Waals surface area contributed by atoms with E-state index in [1.165, 1.54) is 0 Å². The molecule has 12 heavy (non-hydrogen) atoms. The third-order valence-corrected chi connectivity index (χ3v) is 3.10. The van der Waals surface area contributed by atoms with E-state index < -0.39 is 0 Å². The zero-order chi connectivity index (χ0) is 8.72. The molecule has 1 saturated heterocycles. The van der Waals surface area contributed by atoms with E-state index in [1.54, 1.807) is 16.7 Å². The number of rotatable bonds is 0. The van der Waals surface area contributed by atoms with Gasteiger partial charge in [-0.3, -0.25) is 5.41 Å². The van der Waals surface area contributed by atoms with Crippen LogP contribution in [0.2, 0.25) is 0 Å². The first-order valence-corrected chi connectivity index (χ1v) is 4.67. The highest BCUT2D eigenvalue weighted by Gasteiger charge is 2.40. The molecule has 62 valence electrons. The van der Waals surface area contributed by atoms with Gasteiger partial charge in [-0.2, -0.15) is 5.26 Å². The molecule has 1 fully saturated rings. The second-order valence-corrected chi connectivity index (χ2v) is 3.71. The number of hydrogen-bond donors (Lipinski definition) is 2. The maximum Gasteiger partial charge on any atom is 0.143 e. The third kappa shape index (κ3) is 0.756. The highest BCUT2D eigenvalue weighted by atomic mass is 32.2. The van der Waals surface area contributed by atoms with E-state index in [0.717, 1.165) is 5.75 Å². The van der Waals surface area contributed by atoms with E-state index in [2.05, 4.69) is 0 Å². The van der Waals surface area contributed by atoms with Crippen molar-refractivity contribution in [3.8, 4) is 6.07 Å². The van der Waals surface area contributed by atoms with Crippen LogP contribution in [0.3, 0.4) is 0 Å². The van der Waals surface area contributed by atoms with Crippen molar-refractivity contribution >= 4 is 17.6 Å². The van der Waals surface area contributed by atoms with Crippen LogP contribution in [0.15, 0.2) is 11.3 Å². The van der Waals surface area contributed by atoms with Gasteiger partial charge in [0.05, 0.1) is 11.9 Å². The predicted molar refractivity (Wildman–Crippen MR) is 45.9 cm³/mol. The Morgan fingerprint density at radius 3 is 3.08 bits per heavy atom. The molecule has 0 saturated carbocycles. The number of amidine groups is 1. The molecule has 2 rings (SSSR count). The first-order chi connectivity index (χ1) is 5.75. The molecule has 0 radical (unpaired) electrons. The Hall–Kier alpha value is -1.15. The van der Waals surface area contributed by atoms with Gasteiger partial charge in [-0.1, -0.05) is 0 Å². The van der Waals surface area contributed by atoms with Crippen LogP contribution in [0.4, 0.5) is 0 Å². The standard InChI is InChI=1S/C7H7N3OS/c8-1-4-6(11)5-2-12-3-10(5)7(4)9/h5,9,11H,2-3H2. The number of aliphatic hydroxyl groups excluding tert-OH is 1. The molecule has 0 aromatic carbocycles. The van der Waals surface area contributed by atoms with Crippen molar-refractivity contribution < 1.29 is 5.11 Å². The maximum atomic E-state index is 9.49. The Labute approximate surface area is 74.0 Å². The molecule has 0 aliphatic carbocycles. The second kappa shape index (κ2) is 2.42. The highest BCUT2D eigenvalue weighted by molar-refractivity contribution is 7.99. The lowest BCUT2D eigenvalue weighted by Gasteiger charge is -2.15. The molecule has 0 bridgehead atoms. The second-order valence-electron chi connectivity index (χ2n) is 2.71. The Morgan fingerprint density at radius 2 is 2.50 bits per heavy atom. The zero-order valence-corrected chi connectivity index (χ0v) is 7.06. The number of nitrogens with one attached hydrogen (secondary N) is 1. The van der Waals surface area contributed by atoms with Crippen molar-refractivity contribution in [2.75, 3.05) is 11.6 Å². The van der Waals surface area contributed by atoms with Crippen LogP contribution in [0.1, 0.15) is 0 Å². The number of fused-ring (bicyclic) bond motifs is 1. The molecule has 2 aliphatic rings. The Balaban J connectivity index is 2.42. The van der Waals surface area contributed by atoms with Gasteiger partial charge >= 0.3 is 0 Å². The van der Waals surface area contributed by atoms with Crippen LogP contribution >= 0.6 is 11.8 Å². The van der Waals surface area contributed by atoms with E-state index in [0.29, 0.717) is 5.88 Å². The molecule has 1 atom stereocenters. The summed E-state index contributed by atoms with van der Waals surface area (Å²) in [6.07, 6.45) is 0. The monoisotopic (exact) mass is 181 g/mol. The summed E-state index contributed by atoms with van der Waals surface area (Å²) in [5, 5.41) is 25.6. The summed E-state index contributed by atoms with van der Waals surface area (Å²) in [6.45, 7) is 0. The van der Waals surface area contributed by atoms with E-state index >= 15 is 0 Å². The molecule has 0 amide bonds. The van der Waals surface area contributed by atoms with Gasteiger partial charge < -0.3 is 10.0 Å². The Kier molecular flexibility index (Phi) is 1.51. The fourth-order valence-electron chi connectivity index (χ4n) is 1.43. The summed E-state index contributed by atoms with van der Waals surface area (Å²) in [4.78, 5) is 1.75. The molecular weight excluding hydrogens is 174 g/mol. The number of nitriles is 1. The number of hydrogen-bond acceptors (Lipinski definition) is 4. The van der Waals surface area contributed by atoms with Crippen molar-refractivity contribution in [2.24, 2.45) is 0 Å².